The van der Waals surface area contributed by atoms with Crippen molar-refractivity contribution < 1.29 is 19.5 Å². The smallest absolute Gasteiger partial charge is 0.319 e. The SMILES string of the molecule is Cc1cc(NC(=O)NCC(CC(C)C)C(=O)O)cc(C(N)=O)c1. The van der Waals surface area contributed by atoms with E-state index in [-0.39, 0.29) is 12.5 Å². The first-order chi connectivity index (χ1) is 10.7. The molecule has 0 spiro atoms. The zero-order valence-electron chi connectivity index (χ0n) is 13.6. The predicted octanol–water partition coefficient (Wildman–Crippen LogP) is 1.96. The Morgan fingerprint density at radius 3 is 2.39 bits per heavy atom. The Balaban J connectivity index is 2.66. The van der Waals surface area contributed by atoms with Gasteiger partial charge in [0.05, 0.1) is 5.92 Å². The summed E-state index contributed by atoms with van der Waals surface area (Å²) in [5, 5.41) is 14.2. The maximum Gasteiger partial charge on any atom is 0.319 e. The molecule has 0 fully saturated rings. The number of carbonyl (C=O) groups excluding carboxylic acids is 2. The largest absolute Gasteiger partial charge is 0.481 e. The van der Waals surface area contributed by atoms with Gasteiger partial charge in [0.25, 0.3) is 0 Å². The highest BCUT2D eigenvalue weighted by Crippen LogP contribution is 2.15. The lowest BCUT2D eigenvalue weighted by molar-refractivity contribution is -0.142. The number of rotatable bonds is 7. The molecule has 1 atom stereocenters. The van der Waals surface area contributed by atoms with Crippen molar-refractivity contribution in [3.63, 3.8) is 0 Å². The number of carbonyl (C=O) groups is 3. The van der Waals surface area contributed by atoms with Crippen molar-refractivity contribution in [3.8, 4) is 0 Å². The summed E-state index contributed by atoms with van der Waals surface area (Å²) in [5.41, 5.74) is 6.72. The van der Waals surface area contributed by atoms with Gasteiger partial charge in [-0.05, 0) is 43.0 Å². The fraction of sp³-hybridized carbons (Fsp3) is 0.438. The number of nitrogens with two attached hydrogens (primary N) is 1. The highest BCUT2D eigenvalue weighted by molar-refractivity contribution is 5.96. The predicted molar refractivity (Wildman–Crippen MR) is 87.3 cm³/mol. The van der Waals surface area contributed by atoms with Crippen LogP contribution in [0, 0.1) is 18.8 Å². The molecule has 1 rings (SSSR count). The Morgan fingerprint density at radius 2 is 1.87 bits per heavy atom. The number of aliphatic carboxylic acids is 1. The minimum Gasteiger partial charge on any atom is -0.481 e. The number of hydrogen-bond donors (Lipinski definition) is 4. The monoisotopic (exact) mass is 321 g/mol. The Bertz CT molecular complexity index is 599. The van der Waals surface area contributed by atoms with Crippen molar-refractivity contribution in [1.82, 2.24) is 5.32 Å². The van der Waals surface area contributed by atoms with Crippen molar-refractivity contribution in [1.29, 1.82) is 0 Å². The molecule has 0 saturated heterocycles. The lowest BCUT2D eigenvalue weighted by Crippen LogP contribution is -2.36. The molecular formula is C16H23N3O4. The molecular weight excluding hydrogens is 298 g/mol. The van der Waals surface area contributed by atoms with Gasteiger partial charge in [0.1, 0.15) is 0 Å². The fourth-order valence-corrected chi connectivity index (χ4v) is 2.23. The molecule has 1 aromatic carbocycles. The molecule has 23 heavy (non-hydrogen) atoms. The van der Waals surface area contributed by atoms with Gasteiger partial charge in [-0.3, -0.25) is 9.59 Å². The number of aryl methyl sites for hydroxylation is 1. The minimum atomic E-state index is -0.939. The summed E-state index contributed by atoms with van der Waals surface area (Å²) in [5.74, 6) is -1.94. The highest BCUT2D eigenvalue weighted by Gasteiger charge is 2.19. The van der Waals surface area contributed by atoms with E-state index in [1.807, 2.05) is 13.8 Å². The van der Waals surface area contributed by atoms with Gasteiger partial charge in [-0.15, -0.1) is 0 Å². The third-order valence-corrected chi connectivity index (χ3v) is 3.23. The van der Waals surface area contributed by atoms with E-state index in [1.165, 1.54) is 6.07 Å². The van der Waals surface area contributed by atoms with Crippen LogP contribution >= 0.6 is 0 Å². The van der Waals surface area contributed by atoms with Crippen molar-refractivity contribution >= 4 is 23.6 Å². The van der Waals surface area contributed by atoms with E-state index in [2.05, 4.69) is 10.6 Å². The van der Waals surface area contributed by atoms with E-state index < -0.39 is 23.8 Å². The van der Waals surface area contributed by atoms with E-state index in [0.29, 0.717) is 17.7 Å². The van der Waals surface area contributed by atoms with Crippen molar-refractivity contribution in [2.75, 3.05) is 11.9 Å². The van der Waals surface area contributed by atoms with Crippen LogP contribution < -0.4 is 16.4 Å². The summed E-state index contributed by atoms with van der Waals surface area (Å²) in [6, 6.07) is 4.25. The molecule has 0 saturated carbocycles. The lowest BCUT2D eigenvalue weighted by Gasteiger charge is -2.16. The molecule has 7 nitrogen and oxygen atoms in total. The summed E-state index contributed by atoms with van der Waals surface area (Å²) in [4.78, 5) is 34.2. The van der Waals surface area contributed by atoms with Crippen LogP contribution in [0.3, 0.4) is 0 Å². The first-order valence-electron chi connectivity index (χ1n) is 7.38. The normalized spacial score (nSPS) is 11.8. The van der Waals surface area contributed by atoms with Gasteiger partial charge in [0.15, 0.2) is 0 Å². The average Bonchev–Trinajstić information content (AvgIpc) is 2.42. The van der Waals surface area contributed by atoms with Gasteiger partial charge in [-0.1, -0.05) is 13.8 Å². The van der Waals surface area contributed by atoms with Gasteiger partial charge in [0, 0.05) is 17.8 Å². The van der Waals surface area contributed by atoms with Crippen molar-refractivity contribution in [2.24, 2.45) is 17.6 Å². The number of urea groups is 1. The van der Waals surface area contributed by atoms with Crippen molar-refractivity contribution in [3.05, 3.63) is 29.3 Å². The molecule has 126 valence electrons. The number of carboxylic acid groups (broad SMARTS) is 1. The zero-order chi connectivity index (χ0) is 17.6. The number of primary amides is 1. The van der Waals surface area contributed by atoms with Crippen LogP contribution in [0.1, 0.15) is 36.2 Å². The summed E-state index contributed by atoms with van der Waals surface area (Å²) in [6.07, 6.45) is 0.478. The van der Waals surface area contributed by atoms with Crippen LogP contribution in [0.2, 0.25) is 0 Å². The van der Waals surface area contributed by atoms with Gasteiger partial charge >= 0.3 is 12.0 Å². The first-order valence-corrected chi connectivity index (χ1v) is 7.38. The second kappa shape index (κ2) is 8.17. The second-order valence-corrected chi connectivity index (χ2v) is 5.95. The van der Waals surface area contributed by atoms with Crippen LogP contribution in [-0.2, 0) is 4.79 Å². The number of benzene rings is 1. The van der Waals surface area contributed by atoms with Crippen LogP contribution in [0.5, 0.6) is 0 Å². The maximum atomic E-state index is 11.9. The zero-order valence-corrected chi connectivity index (χ0v) is 13.6. The fourth-order valence-electron chi connectivity index (χ4n) is 2.23. The molecule has 0 bridgehead atoms. The molecule has 7 heteroatoms. The van der Waals surface area contributed by atoms with Gasteiger partial charge in [-0.25, -0.2) is 4.79 Å². The molecule has 0 heterocycles. The summed E-state index contributed by atoms with van der Waals surface area (Å²) < 4.78 is 0. The van der Waals surface area contributed by atoms with Gasteiger partial charge in [0.2, 0.25) is 5.91 Å². The van der Waals surface area contributed by atoms with E-state index in [0.717, 1.165) is 5.56 Å². The summed E-state index contributed by atoms with van der Waals surface area (Å²) in [6.45, 7) is 5.66. The molecule has 1 aromatic rings. The molecule has 0 aliphatic rings. The number of carboxylic acids is 1. The lowest BCUT2D eigenvalue weighted by atomic mass is 9.97. The molecule has 5 N–H and O–H groups in total. The Morgan fingerprint density at radius 1 is 1.22 bits per heavy atom. The number of anilines is 1. The molecule has 0 aliphatic carbocycles. The maximum absolute atomic E-state index is 11.9. The van der Waals surface area contributed by atoms with E-state index in [4.69, 9.17) is 10.8 Å². The van der Waals surface area contributed by atoms with E-state index in [9.17, 15) is 14.4 Å². The average molecular weight is 321 g/mol. The summed E-state index contributed by atoms with van der Waals surface area (Å²) in [7, 11) is 0. The Labute approximate surface area is 135 Å². The van der Waals surface area contributed by atoms with Crippen molar-refractivity contribution in [2.45, 2.75) is 27.2 Å². The van der Waals surface area contributed by atoms with Crippen LogP contribution in [-0.4, -0.2) is 29.6 Å². The number of amides is 3. The molecule has 0 radical (unpaired) electrons. The molecule has 0 aromatic heterocycles. The van der Waals surface area contributed by atoms with Gasteiger partial charge in [-0.2, -0.15) is 0 Å². The topological polar surface area (TPSA) is 122 Å². The van der Waals surface area contributed by atoms with E-state index >= 15 is 0 Å². The number of nitrogens with one attached hydrogen (secondary N) is 2. The van der Waals surface area contributed by atoms with Crippen LogP contribution in [0.4, 0.5) is 10.5 Å². The minimum absolute atomic E-state index is 0.0356. The Hall–Kier alpha value is -2.57. The Kier molecular flexibility index (Phi) is 6.56. The van der Waals surface area contributed by atoms with Crippen LogP contribution in [0.25, 0.3) is 0 Å². The highest BCUT2D eigenvalue weighted by atomic mass is 16.4. The second-order valence-electron chi connectivity index (χ2n) is 5.95. The molecule has 3 amide bonds. The third kappa shape index (κ3) is 6.37. The molecule has 1 unspecified atom stereocenters. The van der Waals surface area contributed by atoms with Crippen LogP contribution in [0.15, 0.2) is 18.2 Å². The standard InChI is InChI=1S/C16H23N3O4/c1-9(2)4-12(15(21)22)8-18-16(23)19-13-6-10(3)5-11(7-13)14(17)20/h5-7,9,12H,4,8H2,1-3H3,(H2,17,20)(H,21,22)(H2,18,19,23). The van der Waals surface area contributed by atoms with E-state index in [1.54, 1.807) is 19.1 Å². The third-order valence-electron chi connectivity index (χ3n) is 3.23. The summed E-state index contributed by atoms with van der Waals surface area (Å²) >= 11 is 0. The number of hydrogen-bond acceptors (Lipinski definition) is 3. The molecule has 0 aliphatic heterocycles. The quantitative estimate of drug-likeness (QED) is 0.613. The first kappa shape index (κ1) is 18.5. The van der Waals surface area contributed by atoms with Gasteiger partial charge < -0.3 is 21.5 Å².